The molecule has 0 aromatic carbocycles. The minimum absolute atomic E-state index is 0.0258. The second-order valence-corrected chi connectivity index (χ2v) is 12.8. The van der Waals surface area contributed by atoms with Gasteiger partial charge in [-0.3, -0.25) is 14.4 Å². The number of Topliss-reactive ketones (excluding diaryl/α,β-unsaturated/α-hetero) is 1. The molecule has 4 saturated carbocycles. The molecule has 4 fully saturated rings. The van der Waals surface area contributed by atoms with Crippen LogP contribution < -0.4 is 0 Å². The van der Waals surface area contributed by atoms with Gasteiger partial charge < -0.3 is 20.1 Å². The molecule has 3 unspecified atom stereocenters. The number of aliphatic carboxylic acids is 1. The quantitative estimate of drug-likeness (QED) is 0.477. The second kappa shape index (κ2) is 8.83. The first-order valence-corrected chi connectivity index (χ1v) is 13.6. The highest BCUT2D eigenvalue weighted by Gasteiger charge is 2.72. The van der Waals surface area contributed by atoms with Crippen molar-refractivity contribution < 1.29 is 34.4 Å². The van der Waals surface area contributed by atoms with Crippen molar-refractivity contribution in [2.45, 2.75) is 116 Å². The highest BCUT2D eigenvalue weighted by Crippen LogP contribution is 2.72. The van der Waals surface area contributed by atoms with Crippen LogP contribution in [0.25, 0.3) is 0 Å². The summed E-state index contributed by atoms with van der Waals surface area (Å²) in [6.07, 6.45) is 4.25. The molecule has 0 aliphatic heterocycles. The zero-order valence-corrected chi connectivity index (χ0v) is 22.0. The number of ether oxygens (including phenoxy) is 1. The maximum absolute atomic E-state index is 13.7. The van der Waals surface area contributed by atoms with E-state index >= 15 is 0 Å². The predicted octanol–water partition coefficient (Wildman–Crippen LogP) is 4.12. The number of esters is 1. The summed E-state index contributed by atoms with van der Waals surface area (Å²) in [6.45, 7) is 9.85. The summed E-state index contributed by atoms with van der Waals surface area (Å²) in [5.74, 6) is -2.14. The van der Waals surface area contributed by atoms with Crippen molar-refractivity contribution >= 4 is 17.7 Å². The molecule has 7 nitrogen and oxygen atoms in total. The average Bonchev–Trinajstić information content (AvgIpc) is 3.03. The third-order valence-corrected chi connectivity index (χ3v) is 11.1. The Hall–Kier alpha value is -1.47. The topological polar surface area (TPSA) is 121 Å². The van der Waals surface area contributed by atoms with Gasteiger partial charge in [-0.25, -0.2) is 0 Å². The van der Waals surface area contributed by atoms with E-state index < -0.39 is 39.8 Å². The molecule has 4 aliphatic rings. The molecule has 0 amide bonds. The van der Waals surface area contributed by atoms with Gasteiger partial charge in [0.05, 0.1) is 23.2 Å². The lowest BCUT2D eigenvalue weighted by molar-refractivity contribution is -0.260. The molecular weight excluding hydrogens is 448 g/mol. The number of fused-ring (bicyclic) bond motifs is 5. The number of aliphatic hydroxyl groups is 2. The summed E-state index contributed by atoms with van der Waals surface area (Å²) >= 11 is 0. The van der Waals surface area contributed by atoms with Crippen LogP contribution in [0.15, 0.2) is 0 Å². The van der Waals surface area contributed by atoms with E-state index in [1.165, 1.54) is 0 Å². The first kappa shape index (κ1) is 26.6. The molecule has 0 aromatic heterocycles. The van der Waals surface area contributed by atoms with Crippen LogP contribution in [0.5, 0.6) is 0 Å². The van der Waals surface area contributed by atoms with Crippen LogP contribution in [-0.4, -0.2) is 50.3 Å². The molecule has 35 heavy (non-hydrogen) atoms. The number of carboxylic acids is 1. The summed E-state index contributed by atoms with van der Waals surface area (Å²) in [7, 11) is 0. The van der Waals surface area contributed by atoms with E-state index in [2.05, 4.69) is 13.8 Å². The predicted molar refractivity (Wildman–Crippen MR) is 129 cm³/mol. The fourth-order valence-corrected chi connectivity index (χ4v) is 9.33. The Morgan fingerprint density at radius 2 is 1.69 bits per heavy atom. The number of carbonyl (C=O) groups excluding carboxylic acids is 2. The van der Waals surface area contributed by atoms with Crippen molar-refractivity contribution in [3.05, 3.63) is 0 Å². The van der Waals surface area contributed by atoms with E-state index in [-0.39, 0.29) is 54.9 Å². The summed E-state index contributed by atoms with van der Waals surface area (Å²) < 4.78 is 5.79. The van der Waals surface area contributed by atoms with Crippen LogP contribution in [0.1, 0.15) is 98.8 Å². The Morgan fingerprint density at radius 1 is 1.06 bits per heavy atom. The molecular formula is C28H44O7. The molecule has 0 radical (unpaired) electrons. The van der Waals surface area contributed by atoms with E-state index in [0.717, 1.165) is 19.3 Å². The standard InChI is InChI=1S/C28H44O7/c1-6-18-23(24(32)35-16(2)3)22-19-9-13-27(33,14-10-21(30)31)25(19,4)12-8-20(22)26(5)11-7-17(29)15-28(18,26)34/h16,18-20,22-23,33-34H,6-15H2,1-5H3,(H,30,31)/t18?,19-,20-,22-,23?,25-,26+,27-,28?/m0/s1. The van der Waals surface area contributed by atoms with Gasteiger partial charge in [0, 0.05) is 30.6 Å². The van der Waals surface area contributed by atoms with Crippen LogP contribution in [0.2, 0.25) is 0 Å². The third-order valence-electron chi connectivity index (χ3n) is 11.1. The molecule has 3 N–H and O–H groups in total. The first-order chi connectivity index (χ1) is 16.2. The lowest BCUT2D eigenvalue weighted by Gasteiger charge is -2.67. The maximum Gasteiger partial charge on any atom is 0.309 e. The Morgan fingerprint density at radius 3 is 2.29 bits per heavy atom. The maximum atomic E-state index is 13.7. The normalized spacial score (nSPS) is 47.1. The Labute approximate surface area is 209 Å². The molecule has 9 atom stereocenters. The van der Waals surface area contributed by atoms with E-state index in [9.17, 15) is 29.7 Å². The van der Waals surface area contributed by atoms with Gasteiger partial charge in [0.2, 0.25) is 0 Å². The SMILES string of the molecule is CCC1C(C(=O)OC(C)C)[C@H]2[C@@H]3CC[C@](O)(CCC(=O)O)[C@@]3(C)CC[C@@H]2[C@@]2(C)CCC(=O)CC12O. The molecule has 198 valence electrons. The molecule has 4 aliphatic carbocycles. The average molecular weight is 493 g/mol. The first-order valence-electron chi connectivity index (χ1n) is 13.6. The highest BCUT2D eigenvalue weighted by molar-refractivity contribution is 5.82. The van der Waals surface area contributed by atoms with Gasteiger partial charge in [0.25, 0.3) is 0 Å². The molecule has 0 aromatic rings. The largest absolute Gasteiger partial charge is 0.481 e. The fraction of sp³-hybridized carbons (Fsp3) is 0.893. The summed E-state index contributed by atoms with van der Waals surface area (Å²) in [4.78, 5) is 37.7. The third kappa shape index (κ3) is 3.78. The fourth-order valence-electron chi connectivity index (χ4n) is 9.33. The number of hydrogen-bond acceptors (Lipinski definition) is 6. The van der Waals surface area contributed by atoms with Gasteiger partial charge in [0.1, 0.15) is 5.78 Å². The van der Waals surface area contributed by atoms with E-state index in [1.54, 1.807) is 0 Å². The number of carbonyl (C=O) groups is 3. The van der Waals surface area contributed by atoms with E-state index in [0.29, 0.717) is 25.7 Å². The lowest BCUT2D eigenvalue weighted by Crippen LogP contribution is -2.70. The van der Waals surface area contributed by atoms with Crippen LogP contribution in [0.3, 0.4) is 0 Å². The van der Waals surface area contributed by atoms with Gasteiger partial charge in [-0.05, 0) is 82.0 Å². The minimum Gasteiger partial charge on any atom is -0.481 e. The summed E-state index contributed by atoms with van der Waals surface area (Å²) in [6, 6.07) is 0. The van der Waals surface area contributed by atoms with Gasteiger partial charge >= 0.3 is 11.9 Å². The monoisotopic (exact) mass is 492 g/mol. The van der Waals surface area contributed by atoms with Crippen LogP contribution in [-0.2, 0) is 19.1 Å². The Balaban J connectivity index is 1.82. The molecule has 7 heteroatoms. The number of rotatable bonds is 6. The van der Waals surface area contributed by atoms with Crippen LogP contribution in [0.4, 0.5) is 0 Å². The van der Waals surface area contributed by atoms with Gasteiger partial charge in [-0.1, -0.05) is 20.8 Å². The van der Waals surface area contributed by atoms with Crippen molar-refractivity contribution in [3.8, 4) is 0 Å². The minimum atomic E-state index is -1.26. The lowest BCUT2D eigenvalue weighted by atomic mass is 9.38. The van der Waals surface area contributed by atoms with Crippen molar-refractivity contribution in [1.29, 1.82) is 0 Å². The van der Waals surface area contributed by atoms with Gasteiger partial charge in [-0.2, -0.15) is 0 Å². The van der Waals surface area contributed by atoms with E-state index in [1.807, 2.05) is 20.8 Å². The van der Waals surface area contributed by atoms with Gasteiger partial charge in [-0.15, -0.1) is 0 Å². The molecule has 0 spiro atoms. The van der Waals surface area contributed by atoms with Crippen LogP contribution >= 0.6 is 0 Å². The molecule has 0 bridgehead atoms. The molecule has 0 saturated heterocycles. The van der Waals surface area contributed by atoms with Crippen molar-refractivity contribution in [2.24, 2.45) is 40.4 Å². The highest BCUT2D eigenvalue weighted by atomic mass is 16.5. The summed E-state index contributed by atoms with van der Waals surface area (Å²) in [5.41, 5.74) is -3.35. The summed E-state index contributed by atoms with van der Waals surface area (Å²) in [5, 5.41) is 33.4. The number of carboxylic acid groups (broad SMARTS) is 1. The van der Waals surface area contributed by atoms with Crippen molar-refractivity contribution in [2.75, 3.05) is 0 Å². The van der Waals surface area contributed by atoms with E-state index in [4.69, 9.17) is 4.74 Å². The Bertz CT molecular complexity index is 885. The zero-order valence-electron chi connectivity index (χ0n) is 22.0. The van der Waals surface area contributed by atoms with Crippen molar-refractivity contribution in [3.63, 3.8) is 0 Å². The van der Waals surface area contributed by atoms with Gasteiger partial charge in [0.15, 0.2) is 0 Å². The number of ketones is 1. The van der Waals surface area contributed by atoms with Crippen LogP contribution in [0, 0.1) is 40.4 Å². The zero-order chi connectivity index (χ0) is 26.0. The molecule has 4 rings (SSSR count). The second-order valence-electron chi connectivity index (χ2n) is 12.8. The number of hydrogen-bond donors (Lipinski definition) is 3. The smallest absolute Gasteiger partial charge is 0.309 e. The van der Waals surface area contributed by atoms with Crippen molar-refractivity contribution in [1.82, 2.24) is 0 Å². The Kier molecular flexibility index (Phi) is 6.71. The molecule has 0 heterocycles.